The van der Waals surface area contributed by atoms with Crippen molar-refractivity contribution in [3.8, 4) is 0 Å². The van der Waals surface area contributed by atoms with Gasteiger partial charge in [0.05, 0.1) is 5.69 Å². The number of benzene rings is 1. The maximum Gasteiger partial charge on any atom is 0.221 e. The summed E-state index contributed by atoms with van der Waals surface area (Å²) in [6, 6.07) is 4.84. The molecule has 4 heteroatoms. The number of halogens is 1. The quantitative estimate of drug-likeness (QED) is 0.768. The molecule has 1 aromatic rings. The zero-order valence-electron chi connectivity index (χ0n) is 13.7. The fourth-order valence-corrected chi connectivity index (χ4v) is 2.49. The van der Waals surface area contributed by atoms with E-state index < -0.39 is 0 Å². The van der Waals surface area contributed by atoms with Crippen molar-refractivity contribution in [3.05, 3.63) is 24.0 Å². The van der Waals surface area contributed by atoms with E-state index in [2.05, 4.69) is 38.3 Å². The van der Waals surface area contributed by atoms with Gasteiger partial charge >= 0.3 is 0 Å². The van der Waals surface area contributed by atoms with Crippen LogP contribution >= 0.6 is 0 Å². The van der Waals surface area contributed by atoms with Crippen LogP contribution in [-0.4, -0.2) is 11.9 Å². The molecule has 0 aromatic heterocycles. The van der Waals surface area contributed by atoms with Crippen LogP contribution < -0.4 is 10.6 Å². The molecule has 1 aromatic carbocycles. The minimum Gasteiger partial charge on any atom is -0.380 e. The Morgan fingerprint density at radius 2 is 1.71 bits per heavy atom. The lowest BCUT2D eigenvalue weighted by Crippen LogP contribution is -2.24. The Balaban J connectivity index is 2.87. The smallest absolute Gasteiger partial charge is 0.221 e. The number of amides is 1. The van der Waals surface area contributed by atoms with Gasteiger partial charge in [-0.2, -0.15) is 0 Å². The van der Waals surface area contributed by atoms with Gasteiger partial charge in [-0.3, -0.25) is 4.79 Å². The van der Waals surface area contributed by atoms with Gasteiger partial charge in [0.1, 0.15) is 5.82 Å². The molecule has 0 saturated carbocycles. The van der Waals surface area contributed by atoms with Crippen molar-refractivity contribution in [1.29, 1.82) is 0 Å². The van der Waals surface area contributed by atoms with E-state index in [1.165, 1.54) is 13.0 Å². The van der Waals surface area contributed by atoms with Crippen LogP contribution in [0.15, 0.2) is 18.2 Å². The Hall–Kier alpha value is -1.58. The predicted octanol–water partition coefficient (Wildman–Crippen LogP) is 4.66. The summed E-state index contributed by atoms with van der Waals surface area (Å²) >= 11 is 0. The monoisotopic (exact) mass is 294 g/mol. The molecule has 2 N–H and O–H groups in total. The van der Waals surface area contributed by atoms with Crippen molar-refractivity contribution in [2.45, 2.75) is 53.5 Å². The van der Waals surface area contributed by atoms with Gasteiger partial charge in [-0.05, 0) is 42.9 Å². The van der Waals surface area contributed by atoms with E-state index in [-0.39, 0.29) is 17.8 Å². The van der Waals surface area contributed by atoms with E-state index in [9.17, 15) is 9.18 Å². The highest BCUT2D eigenvalue weighted by molar-refractivity contribution is 5.89. The summed E-state index contributed by atoms with van der Waals surface area (Å²) in [5, 5.41) is 5.98. The van der Waals surface area contributed by atoms with Crippen molar-refractivity contribution in [2.24, 2.45) is 11.8 Å². The van der Waals surface area contributed by atoms with Gasteiger partial charge < -0.3 is 10.6 Å². The van der Waals surface area contributed by atoms with Gasteiger partial charge in [-0.15, -0.1) is 0 Å². The summed E-state index contributed by atoms with van der Waals surface area (Å²) in [7, 11) is 0. The van der Waals surface area contributed by atoms with Crippen molar-refractivity contribution in [2.75, 3.05) is 10.6 Å². The van der Waals surface area contributed by atoms with Gasteiger partial charge in [0.15, 0.2) is 0 Å². The highest BCUT2D eigenvalue weighted by Crippen LogP contribution is 2.24. The molecule has 118 valence electrons. The van der Waals surface area contributed by atoms with Gasteiger partial charge in [-0.25, -0.2) is 4.39 Å². The number of carbonyl (C=O) groups excluding carboxylic acids is 1. The molecule has 1 amide bonds. The maximum atomic E-state index is 14.0. The minimum atomic E-state index is -0.290. The first-order chi connectivity index (χ1) is 9.77. The highest BCUT2D eigenvalue weighted by Gasteiger charge is 2.15. The van der Waals surface area contributed by atoms with E-state index in [0.29, 0.717) is 23.2 Å². The summed E-state index contributed by atoms with van der Waals surface area (Å²) in [5.41, 5.74) is 1.06. The van der Waals surface area contributed by atoms with Crippen LogP contribution in [0.3, 0.4) is 0 Å². The van der Waals surface area contributed by atoms with Crippen LogP contribution in [0.1, 0.15) is 47.5 Å². The maximum absolute atomic E-state index is 14.0. The zero-order chi connectivity index (χ0) is 16.0. The number of nitrogens with one attached hydrogen (secondary N) is 2. The first-order valence-electron chi connectivity index (χ1n) is 7.61. The third-order valence-electron chi connectivity index (χ3n) is 3.16. The normalized spacial score (nSPS) is 11.3. The lowest BCUT2D eigenvalue weighted by Gasteiger charge is -2.24. The van der Waals surface area contributed by atoms with Crippen LogP contribution in [0.2, 0.25) is 0 Å². The lowest BCUT2D eigenvalue weighted by molar-refractivity contribution is -0.114. The molecule has 0 heterocycles. The SMILES string of the molecule is CC(=O)Nc1ccc(F)c(NC(CC(C)C)CC(C)C)c1. The first kappa shape index (κ1) is 17.5. The van der Waals surface area contributed by atoms with Crippen molar-refractivity contribution in [1.82, 2.24) is 0 Å². The number of hydrogen-bond acceptors (Lipinski definition) is 2. The lowest BCUT2D eigenvalue weighted by atomic mass is 9.95. The molecule has 0 spiro atoms. The van der Waals surface area contributed by atoms with Crippen molar-refractivity contribution >= 4 is 17.3 Å². The van der Waals surface area contributed by atoms with Crippen LogP contribution in [0.5, 0.6) is 0 Å². The van der Waals surface area contributed by atoms with Gasteiger partial charge in [0.25, 0.3) is 0 Å². The summed E-state index contributed by atoms with van der Waals surface area (Å²) in [5.74, 6) is 0.640. The number of rotatable bonds is 7. The van der Waals surface area contributed by atoms with E-state index in [1.807, 2.05) is 0 Å². The Morgan fingerprint density at radius 3 is 2.19 bits per heavy atom. The van der Waals surface area contributed by atoms with Gasteiger partial charge in [0.2, 0.25) is 5.91 Å². The van der Waals surface area contributed by atoms with Crippen molar-refractivity contribution in [3.63, 3.8) is 0 Å². The Labute approximate surface area is 127 Å². The highest BCUT2D eigenvalue weighted by atomic mass is 19.1. The standard InChI is InChI=1S/C17H27FN2O/c1-11(2)8-15(9-12(3)4)20-17-10-14(19-13(5)21)6-7-16(17)18/h6-7,10-12,15,20H,8-9H2,1-5H3,(H,19,21). The summed E-state index contributed by atoms with van der Waals surface area (Å²) in [4.78, 5) is 11.1. The molecule has 0 aliphatic rings. The fourth-order valence-electron chi connectivity index (χ4n) is 2.49. The molecular formula is C17H27FN2O. The predicted molar refractivity (Wildman–Crippen MR) is 87.0 cm³/mol. The topological polar surface area (TPSA) is 41.1 Å². The average Bonchev–Trinajstić information content (AvgIpc) is 2.31. The van der Waals surface area contributed by atoms with Gasteiger partial charge in [0, 0.05) is 18.7 Å². The molecule has 0 fully saturated rings. The average molecular weight is 294 g/mol. The Morgan fingerprint density at radius 1 is 1.14 bits per heavy atom. The molecule has 0 bridgehead atoms. The third-order valence-corrected chi connectivity index (χ3v) is 3.16. The second-order valence-corrected chi connectivity index (χ2v) is 6.48. The molecular weight excluding hydrogens is 267 g/mol. The molecule has 0 unspecified atom stereocenters. The van der Waals surface area contributed by atoms with E-state index in [0.717, 1.165) is 12.8 Å². The molecule has 0 saturated heterocycles. The van der Waals surface area contributed by atoms with E-state index in [1.54, 1.807) is 12.1 Å². The summed E-state index contributed by atoms with van der Waals surface area (Å²) in [6.45, 7) is 10.1. The number of carbonyl (C=O) groups is 1. The number of hydrogen-bond donors (Lipinski definition) is 2. The van der Waals surface area contributed by atoms with E-state index >= 15 is 0 Å². The molecule has 3 nitrogen and oxygen atoms in total. The fraction of sp³-hybridized carbons (Fsp3) is 0.588. The van der Waals surface area contributed by atoms with Crippen molar-refractivity contribution < 1.29 is 9.18 Å². The van der Waals surface area contributed by atoms with Crippen LogP contribution in [0, 0.1) is 17.7 Å². The largest absolute Gasteiger partial charge is 0.380 e. The molecule has 1 rings (SSSR count). The summed E-state index contributed by atoms with van der Waals surface area (Å²) < 4.78 is 14.0. The molecule has 0 radical (unpaired) electrons. The van der Waals surface area contributed by atoms with Gasteiger partial charge in [-0.1, -0.05) is 27.7 Å². The minimum absolute atomic E-state index is 0.159. The molecule has 0 aliphatic carbocycles. The second kappa shape index (κ2) is 8.01. The van der Waals surface area contributed by atoms with Crippen LogP contribution in [-0.2, 0) is 4.79 Å². The molecule has 0 atom stereocenters. The molecule has 0 aliphatic heterocycles. The second-order valence-electron chi connectivity index (χ2n) is 6.48. The zero-order valence-corrected chi connectivity index (χ0v) is 13.7. The van der Waals surface area contributed by atoms with Crippen LogP contribution in [0.25, 0.3) is 0 Å². The number of anilines is 2. The first-order valence-corrected chi connectivity index (χ1v) is 7.61. The molecule has 21 heavy (non-hydrogen) atoms. The third kappa shape index (κ3) is 6.61. The Kier molecular flexibility index (Phi) is 6.66. The van der Waals surface area contributed by atoms with Crippen LogP contribution in [0.4, 0.5) is 15.8 Å². The Bertz CT molecular complexity index is 462. The van der Waals surface area contributed by atoms with E-state index in [4.69, 9.17) is 0 Å². The summed E-state index contributed by atoms with van der Waals surface area (Å²) in [6.07, 6.45) is 1.98.